The van der Waals surface area contributed by atoms with Crippen LogP contribution in [0.4, 0.5) is 4.79 Å². The van der Waals surface area contributed by atoms with Crippen molar-refractivity contribution in [1.29, 1.82) is 0 Å². The Morgan fingerprint density at radius 2 is 1.57 bits per heavy atom. The summed E-state index contributed by atoms with van der Waals surface area (Å²) in [4.78, 5) is 81.9. The molecule has 3 fully saturated rings. The van der Waals surface area contributed by atoms with E-state index in [1.807, 2.05) is 0 Å². The molecular weight excluding hydrogens is 640 g/mol. The van der Waals surface area contributed by atoms with E-state index in [0.717, 1.165) is 13.8 Å². The lowest BCUT2D eigenvalue weighted by Gasteiger charge is -2.67. The first-order valence-electron chi connectivity index (χ1n) is 16.3. The molecule has 5 rings (SSSR count). The smallest absolute Gasteiger partial charge is 0.455 e. The van der Waals surface area contributed by atoms with Gasteiger partial charge in [-0.1, -0.05) is 32.0 Å². The second-order valence-electron chi connectivity index (χ2n) is 15.1. The number of allylic oxidation sites excluding steroid dienone is 1. The molecule has 266 valence electrons. The van der Waals surface area contributed by atoms with Crippen molar-refractivity contribution in [2.45, 2.75) is 116 Å². The number of fused-ring (bicyclic) bond motifs is 5. The molecule has 1 saturated heterocycles. The molecule has 0 spiro atoms. The predicted octanol–water partition coefficient (Wildman–Crippen LogP) is 3.82. The zero-order chi connectivity index (χ0) is 36.5. The number of carbonyl (C=O) groups is 6. The predicted molar refractivity (Wildman–Crippen MR) is 169 cm³/mol. The summed E-state index contributed by atoms with van der Waals surface area (Å²) in [6.07, 6.45) is -7.82. The van der Waals surface area contributed by atoms with Gasteiger partial charge in [0.05, 0.1) is 23.5 Å². The first-order valence-corrected chi connectivity index (χ1v) is 16.3. The molecule has 2 bridgehead atoms. The topological polar surface area (TPSA) is 178 Å². The lowest BCUT2D eigenvalue weighted by Crippen LogP contribution is -2.82. The largest absolute Gasteiger partial charge is 0.509 e. The summed E-state index contributed by atoms with van der Waals surface area (Å²) in [5.41, 5.74) is -8.40. The Kier molecular flexibility index (Phi) is 8.90. The van der Waals surface area contributed by atoms with Crippen LogP contribution in [0.3, 0.4) is 0 Å². The van der Waals surface area contributed by atoms with Crippen LogP contribution in [0.15, 0.2) is 41.5 Å². The number of carbonyl (C=O) groups excluding carboxylic acids is 6. The summed E-state index contributed by atoms with van der Waals surface area (Å²) >= 11 is 0. The van der Waals surface area contributed by atoms with E-state index in [2.05, 4.69) is 0 Å². The molecule has 1 N–H and O–H groups in total. The van der Waals surface area contributed by atoms with Crippen molar-refractivity contribution in [1.82, 2.24) is 0 Å². The van der Waals surface area contributed by atoms with Gasteiger partial charge in [0.15, 0.2) is 23.3 Å². The Balaban J connectivity index is 1.85. The molecule has 2 saturated carbocycles. The van der Waals surface area contributed by atoms with Crippen LogP contribution in [0.1, 0.15) is 85.5 Å². The van der Waals surface area contributed by atoms with Gasteiger partial charge in [0.2, 0.25) is 0 Å². The van der Waals surface area contributed by atoms with E-state index in [4.69, 9.17) is 28.4 Å². The van der Waals surface area contributed by atoms with Crippen LogP contribution in [0.5, 0.6) is 0 Å². The molecule has 1 aliphatic heterocycles. The fraction of sp³-hybridized carbons (Fsp3) is 0.611. The monoisotopic (exact) mass is 684 g/mol. The number of ether oxygens (including phenoxy) is 6. The molecule has 3 aliphatic carbocycles. The zero-order valence-electron chi connectivity index (χ0n) is 29.2. The Labute approximate surface area is 284 Å². The van der Waals surface area contributed by atoms with Gasteiger partial charge in [-0.2, -0.15) is 0 Å². The van der Waals surface area contributed by atoms with Crippen LogP contribution >= 0.6 is 0 Å². The van der Waals surface area contributed by atoms with Crippen molar-refractivity contribution in [2.24, 2.45) is 16.7 Å². The highest BCUT2D eigenvalue weighted by atomic mass is 16.7. The number of Topliss-reactive ketones (excluding diaryl/α,β-unsaturated/α-hetero) is 2. The number of hydrogen-bond acceptors (Lipinski definition) is 13. The molecule has 49 heavy (non-hydrogen) atoms. The third kappa shape index (κ3) is 5.74. The normalized spacial score (nSPS) is 34.9. The highest BCUT2D eigenvalue weighted by Crippen LogP contribution is 2.64. The Hall–Kier alpha value is -4.10. The number of benzene rings is 1. The molecule has 13 nitrogen and oxygen atoms in total. The maximum Gasteiger partial charge on any atom is 0.509 e. The average molecular weight is 685 g/mol. The van der Waals surface area contributed by atoms with Gasteiger partial charge in [-0.25, -0.2) is 9.59 Å². The SMILES string of the molecule is CC(=O)O[C@H]1C(=O)[C@@]2(C)C([C@H](OC(=O)c3ccccc3)[C@]3(O)CC(=O)C(C)=C1C3(C)C)[C@]1(OC(C)=O)CO[C@@H]1C[C@@H]2OC(=O)OC(C)(C)C. The molecule has 1 unspecified atom stereocenters. The fourth-order valence-corrected chi connectivity index (χ4v) is 8.26. The third-order valence-corrected chi connectivity index (χ3v) is 10.6. The van der Waals surface area contributed by atoms with Crippen LogP contribution < -0.4 is 0 Å². The van der Waals surface area contributed by atoms with Gasteiger partial charge in [0.25, 0.3) is 0 Å². The van der Waals surface area contributed by atoms with Gasteiger partial charge < -0.3 is 33.5 Å². The summed E-state index contributed by atoms with van der Waals surface area (Å²) in [6, 6.07) is 7.91. The average Bonchev–Trinajstić information content (AvgIpc) is 2.97. The summed E-state index contributed by atoms with van der Waals surface area (Å²) in [7, 11) is 0. The minimum atomic E-state index is -2.30. The molecule has 0 aromatic heterocycles. The van der Waals surface area contributed by atoms with Gasteiger partial charge >= 0.3 is 24.1 Å². The molecular formula is C36H44O13. The summed E-state index contributed by atoms with van der Waals surface area (Å²) in [6.45, 7) is 12.9. The highest BCUT2D eigenvalue weighted by Gasteiger charge is 2.79. The minimum absolute atomic E-state index is 0.0106. The van der Waals surface area contributed by atoms with Gasteiger partial charge in [0.1, 0.15) is 29.5 Å². The van der Waals surface area contributed by atoms with Crippen LogP contribution in [-0.2, 0) is 47.6 Å². The number of esters is 3. The summed E-state index contributed by atoms with van der Waals surface area (Å²) in [5.74, 6) is -5.43. The van der Waals surface area contributed by atoms with Crippen molar-refractivity contribution in [3.05, 3.63) is 47.0 Å². The summed E-state index contributed by atoms with van der Waals surface area (Å²) < 4.78 is 35.3. The van der Waals surface area contributed by atoms with Crippen molar-refractivity contribution in [2.75, 3.05) is 6.61 Å². The fourth-order valence-electron chi connectivity index (χ4n) is 8.26. The van der Waals surface area contributed by atoms with E-state index >= 15 is 4.79 Å². The molecule has 8 atom stereocenters. The zero-order valence-corrected chi connectivity index (χ0v) is 29.2. The molecule has 13 heteroatoms. The molecule has 0 amide bonds. The van der Waals surface area contributed by atoms with E-state index in [0.29, 0.717) is 0 Å². The summed E-state index contributed by atoms with van der Waals surface area (Å²) in [5, 5.41) is 13.1. The Morgan fingerprint density at radius 3 is 2.10 bits per heavy atom. The highest BCUT2D eigenvalue weighted by molar-refractivity contribution is 6.03. The number of rotatable bonds is 5. The van der Waals surface area contributed by atoms with Gasteiger partial charge in [0, 0.05) is 32.1 Å². The van der Waals surface area contributed by atoms with Crippen LogP contribution in [0, 0.1) is 16.7 Å². The minimum Gasteiger partial charge on any atom is -0.455 e. The van der Waals surface area contributed by atoms with Crippen LogP contribution in [0.25, 0.3) is 0 Å². The molecule has 4 aliphatic rings. The second-order valence-corrected chi connectivity index (χ2v) is 15.1. The molecule has 1 aromatic carbocycles. The van der Waals surface area contributed by atoms with Crippen molar-refractivity contribution in [3.63, 3.8) is 0 Å². The molecule has 1 heterocycles. The van der Waals surface area contributed by atoms with Gasteiger partial charge in [-0.15, -0.1) is 0 Å². The number of hydrogen-bond donors (Lipinski definition) is 1. The molecule has 0 radical (unpaired) electrons. The van der Waals surface area contributed by atoms with Crippen molar-refractivity contribution in [3.8, 4) is 0 Å². The van der Waals surface area contributed by atoms with E-state index in [1.54, 1.807) is 52.8 Å². The first kappa shape index (κ1) is 36.2. The lowest BCUT2D eigenvalue weighted by atomic mass is 9.44. The first-order chi connectivity index (χ1) is 22.6. The van der Waals surface area contributed by atoms with E-state index < -0.39 is 100 Å². The maximum atomic E-state index is 15.4. The van der Waals surface area contributed by atoms with E-state index in [-0.39, 0.29) is 29.7 Å². The van der Waals surface area contributed by atoms with Crippen LogP contribution in [-0.4, -0.2) is 88.6 Å². The second kappa shape index (κ2) is 12.0. The van der Waals surface area contributed by atoms with E-state index in [1.165, 1.54) is 26.0 Å². The quantitative estimate of drug-likeness (QED) is 0.350. The standard InChI is InChI=1S/C36H44O13/c1-18-22(39)16-36(43)29(47-30(41)21-13-11-10-12-14-21)27-34(9,28(40)26(45-19(2)37)25(18)33(36,7)8)23(46-31(42)49-32(4,5)6)15-24-35(27,17-44-24)48-20(3)38/h10-14,23-24,26-27,29,43H,15-17H2,1-9H3/t23-,24+,26+,27?,29-,34+,35-,36+/m0/s1. The maximum absolute atomic E-state index is 15.4. The van der Waals surface area contributed by atoms with Crippen molar-refractivity contribution >= 4 is 35.6 Å². The Morgan fingerprint density at radius 1 is 0.939 bits per heavy atom. The lowest BCUT2D eigenvalue weighted by molar-refractivity contribution is -0.344. The Bertz CT molecular complexity index is 1620. The molecule has 1 aromatic rings. The third-order valence-electron chi connectivity index (χ3n) is 10.6. The number of ketones is 2. The number of aliphatic hydroxyl groups is 1. The van der Waals surface area contributed by atoms with Crippen molar-refractivity contribution < 1.29 is 62.3 Å². The van der Waals surface area contributed by atoms with Gasteiger partial charge in [-0.05, 0) is 57.9 Å². The van der Waals surface area contributed by atoms with Crippen LogP contribution in [0.2, 0.25) is 0 Å². The van der Waals surface area contributed by atoms with Gasteiger partial charge in [-0.3, -0.25) is 19.2 Å². The van der Waals surface area contributed by atoms with E-state index in [9.17, 15) is 29.1 Å².